The van der Waals surface area contributed by atoms with E-state index in [1.54, 1.807) is 20.0 Å². The third-order valence-corrected chi connectivity index (χ3v) is 5.15. The lowest BCUT2D eigenvalue weighted by Crippen LogP contribution is -2.26. The topological polar surface area (TPSA) is 62.4 Å². The Morgan fingerprint density at radius 2 is 2.00 bits per heavy atom. The number of hydroxylamine groups is 1. The summed E-state index contributed by atoms with van der Waals surface area (Å²) in [5, 5.41) is 6.01. The van der Waals surface area contributed by atoms with Gasteiger partial charge in [0.1, 0.15) is 0 Å². The highest BCUT2D eigenvalue weighted by Crippen LogP contribution is 2.33. The van der Waals surface area contributed by atoms with Crippen molar-refractivity contribution in [3.63, 3.8) is 0 Å². The molecule has 1 saturated carbocycles. The number of aryl methyl sites for hydroxylation is 1. The van der Waals surface area contributed by atoms with Crippen LogP contribution in [0, 0.1) is 25.6 Å². The lowest BCUT2D eigenvalue weighted by molar-refractivity contribution is 0.0271. The summed E-state index contributed by atoms with van der Waals surface area (Å²) in [7, 11) is 1.69. The zero-order chi connectivity index (χ0) is 19.6. The van der Waals surface area contributed by atoms with E-state index in [0.717, 1.165) is 28.6 Å². The number of carbonyl (C=O) groups excluding carboxylic acids is 1. The largest absolute Gasteiger partial charge is 0.388 e. The number of amides is 1. The first-order valence-corrected chi connectivity index (χ1v) is 9.66. The Bertz CT molecular complexity index is 869. The van der Waals surface area contributed by atoms with Gasteiger partial charge in [-0.2, -0.15) is 0 Å². The average Bonchev–Trinajstić information content (AvgIpc) is 3.45. The number of nitrogens with one attached hydrogen (secondary N) is 3. The van der Waals surface area contributed by atoms with Crippen LogP contribution in [0.1, 0.15) is 34.3 Å². The van der Waals surface area contributed by atoms with Gasteiger partial charge in [-0.05, 0) is 62.4 Å². The molecule has 0 bridgehead atoms. The minimum Gasteiger partial charge on any atom is -0.388 e. The van der Waals surface area contributed by atoms with Crippen LogP contribution in [0.15, 0.2) is 28.7 Å². The maximum atomic E-state index is 15.1. The molecule has 0 spiro atoms. The Kier molecular flexibility index (Phi) is 6.01. The van der Waals surface area contributed by atoms with Crippen LogP contribution in [0.2, 0.25) is 0 Å². The van der Waals surface area contributed by atoms with E-state index in [0.29, 0.717) is 23.8 Å². The normalized spacial score (nSPS) is 13.4. The van der Waals surface area contributed by atoms with Crippen molar-refractivity contribution >= 4 is 38.9 Å². The zero-order valence-corrected chi connectivity index (χ0v) is 17.2. The van der Waals surface area contributed by atoms with Crippen molar-refractivity contribution in [1.29, 1.82) is 0 Å². The van der Waals surface area contributed by atoms with Gasteiger partial charge in [0, 0.05) is 28.5 Å². The van der Waals surface area contributed by atoms with Crippen molar-refractivity contribution in [3.8, 4) is 0 Å². The molecule has 2 aromatic carbocycles. The number of hydrogen-bond donors (Lipinski definition) is 3. The molecule has 0 heterocycles. The quantitative estimate of drug-likeness (QED) is 0.531. The van der Waals surface area contributed by atoms with E-state index in [2.05, 4.69) is 32.0 Å². The summed E-state index contributed by atoms with van der Waals surface area (Å²) in [5.41, 5.74) is 5.39. The summed E-state index contributed by atoms with van der Waals surface area (Å²) in [6, 6.07) is 7.25. The summed E-state index contributed by atoms with van der Waals surface area (Å²) in [6.45, 7) is 4.07. The van der Waals surface area contributed by atoms with Crippen molar-refractivity contribution in [2.45, 2.75) is 26.7 Å². The molecule has 1 aliphatic carbocycles. The van der Waals surface area contributed by atoms with Gasteiger partial charge in [-0.15, -0.1) is 0 Å². The highest BCUT2D eigenvalue weighted by Gasteiger charge is 2.24. The Labute approximate surface area is 166 Å². The second-order valence-corrected chi connectivity index (χ2v) is 7.72. The van der Waals surface area contributed by atoms with Crippen LogP contribution in [0.25, 0.3) is 0 Å². The van der Waals surface area contributed by atoms with Crippen molar-refractivity contribution in [2.24, 2.45) is 5.92 Å². The summed E-state index contributed by atoms with van der Waals surface area (Å²) in [5.74, 6) is -0.448. The molecule has 27 heavy (non-hydrogen) atoms. The lowest BCUT2D eigenvalue weighted by Gasteiger charge is -2.18. The Morgan fingerprint density at radius 3 is 2.63 bits per heavy atom. The highest BCUT2D eigenvalue weighted by atomic mass is 79.9. The van der Waals surface area contributed by atoms with E-state index in [-0.39, 0.29) is 11.3 Å². The molecule has 5 nitrogen and oxygen atoms in total. The van der Waals surface area contributed by atoms with Gasteiger partial charge in [0.15, 0.2) is 5.82 Å². The molecule has 3 N–H and O–H groups in total. The molecule has 0 aliphatic heterocycles. The maximum Gasteiger partial charge on any atom is 0.277 e. The van der Waals surface area contributed by atoms with Crippen LogP contribution >= 0.6 is 15.9 Å². The molecule has 0 atom stereocenters. The highest BCUT2D eigenvalue weighted by molar-refractivity contribution is 9.10. The SMILES string of the molecule is CNc1cc(C(=O)NOCC2CC2)c(Nc2ccc(Br)cc2C)c(F)c1C. The summed E-state index contributed by atoms with van der Waals surface area (Å²) in [6.07, 6.45) is 2.24. The number of rotatable bonds is 7. The number of carbonyl (C=O) groups is 1. The maximum absolute atomic E-state index is 15.1. The van der Waals surface area contributed by atoms with Crippen molar-refractivity contribution < 1.29 is 14.0 Å². The molecular formula is C20H23BrFN3O2. The van der Waals surface area contributed by atoms with E-state index >= 15 is 4.39 Å². The number of benzene rings is 2. The van der Waals surface area contributed by atoms with Gasteiger partial charge < -0.3 is 10.6 Å². The lowest BCUT2D eigenvalue weighted by atomic mass is 10.0. The fraction of sp³-hybridized carbons (Fsp3) is 0.350. The summed E-state index contributed by atoms with van der Waals surface area (Å²) >= 11 is 3.42. The average molecular weight is 436 g/mol. The first kappa shape index (κ1) is 19.6. The minimum atomic E-state index is -0.483. The van der Waals surface area contributed by atoms with E-state index < -0.39 is 11.7 Å². The molecule has 0 aromatic heterocycles. The van der Waals surface area contributed by atoms with Gasteiger partial charge >= 0.3 is 0 Å². The van der Waals surface area contributed by atoms with E-state index in [1.807, 2.05) is 25.1 Å². The number of hydrogen-bond acceptors (Lipinski definition) is 4. The predicted molar refractivity (Wildman–Crippen MR) is 109 cm³/mol. The van der Waals surface area contributed by atoms with Gasteiger partial charge in [-0.1, -0.05) is 15.9 Å². The molecule has 7 heteroatoms. The zero-order valence-electron chi connectivity index (χ0n) is 15.6. The van der Waals surface area contributed by atoms with Crippen LogP contribution in [0.4, 0.5) is 21.5 Å². The van der Waals surface area contributed by atoms with Crippen molar-refractivity contribution in [3.05, 3.63) is 51.2 Å². The molecule has 144 valence electrons. The monoisotopic (exact) mass is 435 g/mol. The Balaban J connectivity index is 1.93. The molecule has 1 aliphatic rings. The minimum absolute atomic E-state index is 0.129. The molecule has 0 unspecified atom stereocenters. The summed E-state index contributed by atoms with van der Waals surface area (Å²) in [4.78, 5) is 17.9. The fourth-order valence-corrected chi connectivity index (χ4v) is 3.25. The standard InChI is InChI=1S/C20H23BrFN3O2/c1-11-8-14(21)6-7-16(11)24-19-15(9-17(23-3)12(2)18(19)22)20(26)25-27-10-13-4-5-13/h6-9,13,23-24H,4-5,10H2,1-3H3,(H,25,26). The molecule has 0 saturated heterocycles. The van der Waals surface area contributed by atoms with Crippen molar-refractivity contribution in [1.82, 2.24) is 5.48 Å². The fourth-order valence-electron chi connectivity index (χ4n) is 2.78. The van der Waals surface area contributed by atoms with E-state index in [9.17, 15) is 4.79 Å². The van der Waals surface area contributed by atoms with Gasteiger partial charge in [0.2, 0.25) is 0 Å². The second kappa shape index (κ2) is 8.27. The molecule has 1 fully saturated rings. The molecule has 3 rings (SSSR count). The van der Waals surface area contributed by atoms with E-state index in [4.69, 9.17) is 4.84 Å². The first-order chi connectivity index (χ1) is 12.9. The molecule has 2 aromatic rings. The first-order valence-electron chi connectivity index (χ1n) is 8.87. The molecular weight excluding hydrogens is 413 g/mol. The van der Waals surface area contributed by atoms with Gasteiger partial charge in [0.05, 0.1) is 17.9 Å². The Hall–Kier alpha value is -2.12. The van der Waals surface area contributed by atoms with Crippen LogP contribution in [-0.4, -0.2) is 19.6 Å². The van der Waals surface area contributed by atoms with Crippen LogP contribution in [-0.2, 0) is 4.84 Å². The van der Waals surface area contributed by atoms with Gasteiger partial charge in [-0.3, -0.25) is 9.63 Å². The van der Waals surface area contributed by atoms with Crippen LogP contribution in [0.5, 0.6) is 0 Å². The van der Waals surface area contributed by atoms with E-state index in [1.165, 1.54) is 0 Å². The third kappa shape index (κ3) is 4.59. The number of halogens is 2. The van der Waals surface area contributed by atoms with Crippen LogP contribution < -0.4 is 16.1 Å². The molecule has 1 amide bonds. The summed E-state index contributed by atoms with van der Waals surface area (Å²) < 4.78 is 16.0. The number of anilines is 3. The van der Waals surface area contributed by atoms with Crippen molar-refractivity contribution in [2.75, 3.05) is 24.3 Å². The second-order valence-electron chi connectivity index (χ2n) is 6.81. The predicted octanol–water partition coefficient (Wildman–Crippen LogP) is 5.06. The molecule has 0 radical (unpaired) electrons. The third-order valence-electron chi connectivity index (χ3n) is 4.65. The van der Waals surface area contributed by atoms with Gasteiger partial charge in [-0.25, -0.2) is 9.87 Å². The van der Waals surface area contributed by atoms with Crippen LogP contribution in [0.3, 0.4) is 0 Å². The smallest absolute Gasteiger partial charge is 0.277 e. The Morgan fingerprint density at radius 1 is 1.26 bits per heavy atom. The van der Waals surface area contributed by atoms with Gasteiger partial charge in [0.25, 0.3) is 5.91 Å².